The van der Waals surface area contributed by atoms with Crippen molar-refractivity contribution in [2.75, 3.05) is 0 Å². The molecule has 0 atom stereocenters. The molecule has 6 heterocycles. The minimum absolute atomic E-state index is 0.116. The number of aryl methyl sites for hydroxylation is 2. The van der Waals surface area contributed by atoms with Gasteiger partial charge in [-0.1, -0.05) is 51.4 Å². The maximum Gasteiger partial charge on any atom is 0.352 e. The second kappa shape index (κ2) is 13.9. The second-order valence-electron chi connectivity index (χ2n) is 12.5. The molecule has 18 heteroatoms. The van der Waals surface area contributed by atoms with Crippen LogP contribution < -0.4 is 45.0 Å². The van der Waals surface area contributed by atoms with Crippen LogP contribution in [0.25, 0.3) is 44.8 Å². The SMILES string of the molecule is Cn1c(=O)nc2n(CCCCCCCCCCCCn3c4nc(=O)n(C)c(=O)c-4cc4c(=O)[nH]c(=O)[nH]c43)c3[nH]c(=O)[nH]c(=O)c3cc-2c1=O. The number of hydrogen-bond acceptors (Lipinski definition) is 10. The van der Waals surface area contributed by atoms with Gasteiger partial charge in [-0.3, -0.25) is 48.2 Å². The summed E-state index contributed by atoms with van der Waals surface area (Å²) in [5, 5.41) is 0.255. The van der Waals surface area contributed by atoms with Gasteiger partial charge >= 0.3 is 22.8 Å². The standard InChI is InChI=1S/C32H36N10O8/c1-39-27(45)19-15-17-21(33-29(47)37-25(17)43)41(23(19)35-31(39)49)13-11-9-7-5-3-4-6-8-10-12-14-42-22-18(26(44)38-30(48)34-22)16-20-24(42)36-32(50)40(2)28(20)46/h15-16H,3-14H2,1-2H3,(H2,33,37,43,47)(H2,34,38,44,48). The Morgan fingerprint density at radius 1 is 0.500 bits per heavy atom. The van der Waals surface area contributed by atoms with Crippen molar-refractivity contribution in [3.63, 3.8) is 0 Å². The van der Waals surface area contributed by atoms with E-state index in [0.29, 0.717) is 25.9 Å². The highest BCUT2D eigenvalue weighted by atomic mass is 16.2. The Bertz CT molecular complexity index is 2480. The van der Waals surface area contributed by atoms with Gasteiger partial charge in [0.15, 0.2) is 11.6 Å². The fourth-order valence-electron chi connectivity index (χ4n) is 6.39. The molecule has 2 aromatic heterocycles. The predicted octanol–water partition coefficient (Wildman–Crippen LogP) is 0.0678. The topological polar surface area (TPSA) is 245 Å². The van der Waals surface area contributed by atoms with Gasteiger partial charge in [0.1, 0.15) is 11.3 Å². The molecule has 50 heavy (non-hydrogen) atoms. The molecule has 0 fully saturated rings. The zero-order valence-corrected chi connectivity index (χ0v) is 27.6. The molecule has 4 aliphatic rings. The van der Waals surface area contributed by atoms with Crippen LogP contribution in [-0.4, -0.2) is 48.2 Å². The van der Waals surface area contributed by atoms with Gasteiger partial charge in [-0.15, -0.1) is 0 Å². The van der Waals surface area contributed by atoms with Gasteiger partial charge in [-0.05, 0) is 25.0 Å². The van der Waals surface area contributed by atoms with E-state index in [1.165, 1.54) is 26.2 Å². The second-order valence-corrected chi connectivity index (χ2v) is 12.5. The first-order valence-electron chi connectivity index (χ1n) is 16.5. The van der Waals surface area contributed by atoms with Crippen LogP contribution in [0.5, 0.6) is 0 Å². The third-order valence-corrected chi connectivity index (χ3v) is 9.09. The molecule has 0 radical (unpaired) electrons. The smallest absolute Gasteiger partial charge is 0.311 e. The lowest BCUT2D eigenvalue weighted by Crippen LogP contribution is -2.36. The number of aromatic nitrogens is 10. The summed E-state index contributed by atoms with van der Waals surface area (Å²) in [5.74, 6) is 0.244. The van der Waals surface area contributed by atoms with Crippen molar-refractivity contribution in [3.05, 3.63) is 95.5 Å². The first-order chi connectivity index (χ1) is 24.0. The first kappa shape index (κ1) is 33.9. The Labute approximate surface area is 279 Å². The third-order valence-electron chi connectivity index (χ3n) is 9.09. The minimum atomic E-state index is -0.724. The molecule has 0 saturated carbocycles. The first-order valence-corrected chi connectivity index (χ1v) is 16.5. The number of unbranched alkanes of at least 4 members (excludes halogenated alkanes) is 9. The van der Waals surface area contributed by atoms with E-state index in [1.54, 1.807) is 9.13 Å². The minimum Gasteiger partial charge on any atom is -0.311 e. The molecule has 0 bridgehead atoms. The van der Waals surface area contributed by atoms with E-state index in [4.69, 9.17) is 0 Å². The van der Waals surface area contributed by atoms with Crippen LogP contribution >= 0.6 is 0 Å². The Morgan fingerprint density at radius 2 is 0.840 bits per heavy atom. The summed E-state index contributed by atoms with van der Waals surface area (Å²) in [5.41, 5.74) is -4.62. The molecular weight excluding hydrogens is 652 g/mol. The molecule has 262 valence electrons. The number of nitrogens with one attached hydrogen (secondary N) is 4. The number of aromatic amines is 4. The molecule has 0 aromatic carbocycles. The maximum absolute atomic E-state index is 12.8. The molecular formula is C32H36N10O8. The van der Waals surface area contributed by atoms with Gasteiger partial charge in [0.05, 0.1) is 21.9 Å². The van der Waals surface area contributed by atoms with Gasteiger partial charge in [0.25, 0.3) is 22.2 Å². The molecule has 0 aliphatic carbocycles. The number of H-pyrrole nitrogens is 4. The average Bonchev–Trinajstić information content (AvgIpc) is 3.07. The normalized spacial score (nSPS) is 11.8. The van der Waals surface area contributed by atoms with Gasteiger partial charge < -0.3 is 9.13 Å². The molecule has 4 N–H and O–H groups in total. The molecule has 0 amide bonds. The number of nitrogens with zero attached hydrogens (tertiary/aromatic N) is 6. The van der Waals surface area contributed by atoms with Gasteiger partial charge in [0, 0.05) is 27.2 Å². The Kier molecular flexibility index (Phi) is 9.43. The lowest BCUT2D eigenvalue weighted by atomic mass is 10.1. The van der Waals surface area contributed by atoms with Crippen LogP contribution in [0.3, 0.4) is 0 Å². The van der Waals surface area contributed by atoms with Gasteiger partial charge in [-0.25, -0.2) is 19.2 Å². The van der Waals surface area contributed by atoms with Crippen molar-refractivity contribution < 1.29 is 0 Å². The van der Waals surface area contributed by atoms with E-state index in [1.807, 2.05) is 0 Å². The van der Waals surface area contributed by atoms with Crippen molar-refractivity contribution in [2.45, 2.75) is 77.3 Å². The summed E-state index contributed by atoms with van der Waals surface area (Å²) in [7, 11) is 2.64. The van der Waals surface area contributed by atoms with E-state index in [9.17, 15) is 38.4 Å². The zero-order valence-electron chi connectivity index (χ0n) is 27.6. The van der Waals surface area contributed by atoms with Crippen molar-refractivity contribution >= 4 is 22.1 Å². The molecule has 0 unspecified atom stereocenters. The van der Waals surface area contributed by atoms with E-state index in [0.717, 1.165) is 60.5 Å². The van der Waals surface area contributed by atoms with Crippen LogP contribution in [0, 0.1) is 0 Å². The van der Waals surface area contributed by atoms with Gasteiger partial charge in [0.2, 0.25) is 0 Å². The van der Waals surface area contributed by atoms with E-state index in [-0.39, 0.29) is 44.8 Å². The monoisotopic (exact) mass is 688 g/mol. The Morgan fingerprint density at radius 3 is 1.20 bits per heavy atom. The van der Waals surface area contributed by atoms with E-state index < -0.39 is 45.0 Å². The molecule has 18 nitrogen and oxygen atoms in total. The van der Waals surface area contributed by atoms with E-state index >= 15 is 0 Å². The highest BCUT2D eigenvalue weighted by molar-refractivity contribution is 5.82. The number of hydrogen-bond donors (Lipinski definition) is 4. The van der Waals surface area contributed by atoms with Crippen LogP contribution in [-0.2, 0) is 27.2 Å². The number of fused-ring (bicyclic) bond motifs is 4. The van der Waals surface area contributed by atoms with E-state index in [2.05, 4.69) is 29.9 Å². The van der Waals surface area contributed by atoms with Crippen LogP contribution in [0.2, 0.25) is 0 Å². The summed E-state index contributed by atoms with van der Waals surface area (Å²) >= 11 is 0. The molecule has 6 rings (SSSR count). The van der Waals surface area contributed by atoms with Crippen molar-refractivity contribution in [1.29, 1.82) is 0 Å². The highest BCUT2D eigenvalue weighted by Crippen LogP contribution is 2.23. The summed E-state index contributed by atoms with van der Waals surface area (Å²) in [6.07, 6.45) is 8.96. The van der Waals surface area contributed by atoms with Crippen LogP contribution in [0.1, 0.15) is 64.2 Å². The maximum atomic E-state index is 12.8. The molecule has 0 spiro atoms. The van der Waals surface area contributed by atoms with Crippen LogP contribution in [0.4, 0.5) is 0 Å². The zero-order chi connectivity index (χ0) is 35.7. The Balaban J connectivity index is 0.998. The molecule has 4 aliphatic heterocycles. The van der Waals surface area contributed by atoms with Gasteiger partial charge in [-0.2, -0.15) is 9.97 Å². The fraction of sp³-hybridized carbons (Fsp3) is 0.438. The van der Waals surface area contributed by atoms with Crippen molar-refractivity contribution in [3.8, 4) is 22.8 Å². The summed E-state index contributed by atoms with van der Waals surface area (Å²) in [4.78, 5) is 117. The highest BCUT2D eigenvalue weighted by Gasteiger charge is 2.22. The summed E-state index contributed by atoms with van der Waals surface area (Å²) < 4.78 is 4.88. The lowest BCUT2D eigenvalue weighted by Gasteiger charge is -2.17. The quantitative estimate of drug-likeness (QED) is 0.0939. The molecule has 2 aromatic rings. The predicted molar refractivity (Wildman–Crippen MR) is 184 cm³/mol. The summed E-state index contributed by atoms with van der Waals surface area (Å²) in [6.45, 7) is 0.693. The lowest BCUT2D eigenvalue weighted by molar-refractivity contribution is 0.523. The largest absolute Gasteiger partial charge is 0.352 e. The number of rotatable bonds is 13. The fourth-order valence-corrected chi connectivity index (χ4v) is 6.39. The van der Waals surface area contributed by atoms with Crippen LogP contribution in [0.15, 0.2) is 50.5 Å². The van der Waals surface area contributed by atoms with Crippen molar-refractivity contribution in [1.82, 2.24) is 48.2 Å². The van der Waals surface area contributed by atoms with Crippen molar-refractivity contribution in [2.24, 2.45) is 14.1 Å². The molecule has 0 saturated heterocycles. The number of pyridine rings is 2. The Hall–Kier alpha value is -5.94. The third kappa shape index (κ3) is 6.42. The average molecular weight is 689 g/mol. The summed E-state index contributed by atoms with van der Waals surface area (Å²) in [6, 6.07) is 2.70.